The number of amides is 1. The van der Waals surface area contributed by atoms with Gasteiger partial charge < -0.3 is 19.5 Å². The van der Waals surface area contributed by atoms with E-state index < -0.39 is 6.61 Å². The summed E-state index contributed by atoms with van der Waals surface area (Å²) in [5, 5.41) is 2.68. The van der Waals surface area contributed by atoms with Gasteiger partial charge in [0, 0.05) is 17.7 Å². The van der Waals surface area contributed by atoms with Crippen molar-refractivity contribution in [2.45, 2.75) is 20.1 Å². The molecule has 7 heteroatoms. The van der Waals surface area contributed by atoms with Gasteiger partial charge in [-0.2, -0.15) is 8.78 Å². The number of rotatable bonds is 8. The third kappa shape index (κ3) is 5.07. The van der Waals surface area contributed by atoms with Crippen LogP contribution >= 0.6 is 0 Å². The van der Waals surface area contributed by atoms with Gasteiger partial charge in [-0.3, -0.25) is 4.79 Å². The quantitative estimate of drug-likeness (QED) is 0.789. The van der Waals surface area contributed by atoms with Crippen molar-refractivity contribution in [1.82, 2.24) is 5.32 Å². The van der Waals surface area contributed by atoms with Crippen LogP contribution in [0.4, 0.5) is 8.78 Å². The number of alkyl halides is 2. The number of halogens is 2. The zero-order valence-corrected chi connectivity index (χ0v) is 13.9. The van der Waals surface area contributed by atoms with Gasteiger partial charge in [0.1, 0.15) is 5.75 Å². The maximum atomic E-state index is 12.4. The van der Waals surface area contributed by atoms with Gasteiger partial charge in [0.15, 0.2) is 11.5 Å². The summed E-state index contributed by atoms with van der Waals surface area (Å²) in [7, 11) is 1.51. The molecular weight excluding hydrogens is 332 g/mol. The van der Waals surface area contributed by atoms with Crippen molar-refractivity contribution in [3.8, 4) is 17.2 Å². The van der Waals surface area contributed by atoms with Gasteiger partial charge in [-0.05, 0) is 31.2 Å². The summed E-state index contributed by atoms with van der Waals surface area (Å²) in [6, 6.07) is 11.1. The SMILES string of the molecule is CCOc1cc(C(=O)NCc2ccccc2OC(F)F)ccc1OC. The van der Waals surface area contributed by atoms with E-state index in [0.717, 1.165) is 0 Å². The molecule has 2 aromatic rings. The molecule has 0 radical (unpaired) electrons. The number of methoxy groups -OCH3 is 1. The molecule has 0 saturated heterocycles. The number of carbonyl (C=O) groups excluding carboxylic acids is 1. The minimum atomic E-state index is -2.92. The zero-order chi connectivity index (χ0) is 18.2. The molecule has 0 fully saturated rings. The number of para-hydroxylation sites is 1. The third-order valence-electron chi connectivity index (χ3n) is 3.35. The summed E-state index contributed by atoms with van der Waals surface area (Å²) in [5.41, 5.74) is 0.825. The van der Waals surface area contributed by atoms with Crippen molar-refractivity contribution in [3.05, 3.63) is 53.6 Å². The summed E-state index contributed by atoms with van der Waals surface area (Å²) < 4.78 is 39.9. The van der Waals surface area contributed by atoms with Crippen LogP contribution in [0.2, 0.25) is 0 Å². The van der Waals surface area contributed by atoms with Gasteiger partial charge in [-0.1, -0.05) is 18.2 Å². The first-order valence-corrected chi connectivity index (χ1v) is 7.67. The minimum absolute atomic E-state index is 0.0301. The van der Waals surface area contributed by atoms with Gasteiger partial charge in [-0.25, -0.2) is 0 Å². The smallest absolute Gasteiger partial charge is 0.387 e. The predicted octanol–water partition coefficient (Wildman–Crippen LogP) is 3.63. The highest BCUT2D eigenvalue weighted by Gasteiger charge is 2.13. The van der Waals surface area contributed by atoms with Crippen LogP contribution in [0.3, 0.4) is 0 Å². The lowest BCUT2D eigenvalue weighted by Gasteiger charge is -2.13. The molecule has 0 spiro atoms. The van der Waals surface area contributed by atoms with Crippen LogP contribution in [-0.4, -0.2) is 26.2 Å². The van der Waals surface area contributed by atoms with Crippen LogP contribution in [0.25, 0.3) is 0 Å². The molecule has 134 valence electrons. The summed E-state index contributed by atoms with van der Waals surface area (Å²) >= 11 is 0. The lowest BCUT2D eigenvalue weighted by atomic mass is 10.1. The van der Waals surface area contributed by atoms with Crippen LogP contribution in [0.5, 0.6) is 17.2 Å². The summed E-state index contributed by atoms with van der Waals surface area (Å²) in [6.07, 6.45) is 0. The Morgan fingerprint density at radius 2 is 1.88 bits per heavy atom. The largest absolute Gasteiger partial charge is 0.493 e. The average molecular weight is 351 g/mol. The van der Waals surface area contributed by atoms with Crippen LogP contribution in [0.1, 0.15) is 22.8 Å². The molecule has 2 rings (SSSR count). The van der Waals surface area contributed by atoms with Gasteiger partial charge in [0.05, 0.1) is 13.7 Å². The van der Waals surface area contributed by atoms with Crippen molar-refractivity contribution in [2.75, 3.05) is 13.7 Å². The maximum absolute atomic E-state index is 12.4. The summed E-state index contributed by atoms with van der Waals surface area (Å²) in [5.74, 6) is 0.645. The first kappa shape index (κ1) is 18.5. The van der Waals surface area contributed by atoms with E-state index in [1.165, 1.54) is 13.2 Å². The Labute approximate surface area is 144 Å². The summed E-state index contributed by atoms with van der Waals surface area (Å²) in [4.78, 5) is 12.3. The molecular formula is C18H19F2NO4. The van der Waals surface area contributed by atoms with Crippen molar-refractivity contribution in [3.63, 3.8) is 0 Å². The Kier molecular flexibility index (Phi) is 6.56. The average Bonchev–Trinajstić information content (AvgIpc) is 2.60. The van der Waals surface area contributed by atoms with Crippen molar-refractivity contribution in [1.29, 1.82) is 0 Å². The molecule has 5 nitrogen and oxygen atoms in total. The molecule has 0 heterocycles. The number of nitrogens with one attached hydrogen (secondary N) is 1. The Hall–Kier alpha value is -2.83. The molecule has 0 aliphatic carbocycles. The molecule has 1 N–H and O–H groups in total. The molecule has 0 aliphatic rings. The second-order valence-electron chi connectivity index (χ2n) is 4.97. The Morgan fingerprint density at radius 3 is 2.56 bits per heavy atom. The van der Waals surface area contributed by atoms with Crippen LogP contribution in [0, 0.1) is 0 Å². The van der Waals surface area contributed by atoms with E-state index in [1.54, 1.807) is 36.4 Å². The highest BCUT2D eigenvalue weighted by Crippen LogP contribution is 2.28. The minimum Gasteiger partial charge on any atom is -0.493 e. The molecule has 0 saturated carbocycles. The highest BCUT2D eigenvalue weighted by molar-refractivity contribution is 5.94. The molecule has 0 aliphatic heterocycles. The number of ether oxygens (including phenoxy) is 3. The van der Waals surface area contributed by atoms with Gasteiger partial charge in [0.25, 0.3) is 5.91 Å². The second kappa shape index (κ2) is 8.86. The lowest BCUT2D eigenvalue weighted by molar-refractivity contribution is -0.0504. The first-order valence-electron chi connectivity index (χ1n) is 7.67. The molecule has 25 heavy (non-hydrogen) atoms. The highest BCUT2D eigenvalue weighted by atomic mass is 19.3. The van der Waals surface area contributed by atoms with E-state index in [4.69, 9.17) is 9.47 Å². The number of hydrogen-bond donors (Lipinski definition) is 1. The number of benzene rings is 2. The predicted molar refractivity (Wildman–Crippen MR) is 88.4 cm³/mol. The van der Waals surface area contributed by atoms with E-state index in [1.807, 2.05) is 6.92 Å². The van der Waals surface area contributed by atoms with E-state index in [-0.39, 0.29) is 18.2 Å². The topological polar surface area (TPSA) is 56.8 Å². The fourth-order valence-corrected chi connectivity index (χ4v) is 2.22. The summed E-state index contributed by atoms with van der Waals surface area (Å²) in [6.45, 7) is -0.615. The molecule has 0 bridgehead atoms. The van der Waals surface area contributed by atoms with Crippen molar-refractivity contribution >= 4 is 5.91 Å². The van der Waals surface area contributed by atoms with E-state index in [0.29, 0.717) is 29.2 Å². The zero-order valence-electron chi connectivity index (χ0n) is 13.9. The normalized spacial score (nSPS) is 10.4. The monoisotopic (exact) mass is 351 g/mol. The molecule has 0 atom stereocenters. The second-order valence-corrected chi connectivity index (χ2v) is 4.97. The Morgan fingerprint density at radius 1 is 1.12 bits per heavy atom. The molecule has 2 aromatic carbocycles. The van der Waals surface area contributed by atoms with Crippen LogP contribution in [-0.2, 0) is 6.54 Å². The number of carbonyl (C=O) groups is 1. The van der Waals surface area contributed by atoms with E-state index in [2.05, 4.69) is 10.1 Å². The third-order valence-corrected chi connectivity index (χ3v) is 3.35. The van der Waals surface area contributed by atoms with Gasteiger partial charge >= 0.3 is 6.61 Å². The molecule has 1 amide bonds. The maximum Gasteiger partial charge on any atom is 0.387 e. The van der Waals surface area contributed by atoms with Crippen molar-refractivity contribution in [2.24, 2.45) is 0 Å². The lowest BCUT2D eigenvalue weighted by Crippen LogP contribution is -2.23. The van der Waals surface area contributed by atoms with E-state index >= 15 is 0 Å². The van der Waals surface area contributed by atoms with Crippen LogP contribution < -0.4 is 19.5 Å². The fraction of sp³-hybridized carbons (Fsp3) is 0.278. The van der Waals surface area contributed by atoms with Crippen molar-refractivity contribution < 1.29 is 27.8 Å². The number of hydrogen-bond acceptors (Lipinski definition) is 4. The first-order chi connectivity index (χ1) is 12.0. The van der Waals surface area contributed by atoms with Gasteiger partial charge in [-0.15, -0.1) is 0 Å². The van der Waals surface area contributed by atoms with Crippen LogP contribution in [0.15, 0.2) is 42.5 Å². The van der Waals surface area contributed by atoms with E-state index in [9.17, 15) is 13.6 Å². The standard InChI is InChI=1S/C18H19F2NO4/c1-3-24-16-10-12(8-9-15(16)23-2)17(22)21-11-13-6-4-5-7-14(13)25-18(19)20/h4-10,18H,3,11H2,1-2H3,(H,21,22). The fourth-order valence-electron chi connectivity index (χ4n) is 2.22. The molecule has 0 aromatic heterocycles. The Bertz CT molecular complexity index is 722. The Balaban J connectivity index is 2.09. The van der Waals surface area contributed by atoms with Gasteiger partial charge in [0.2, 0.25) is 0 Å². The molecule has 0 unspecified atom stereocenters.